The summed E-state index contributed by atoms with van der Waals surface area (Å²) in [7, 11) is 1.59. The van der Waals surface area contributed by atoms with E-state index >= 15 is 0 Å². The number of aromatic nitrogens is 1. The van der Waals surface area contributed by atoms with Crippen LogP contribution < -0.4 is 5.73 Å². The Hall–Kier alpha value is -3.30. The molecule has 0 saturated heterocycles. The van der Waals surface area contributed by atoms with Gasteiger partial charge in [0.15, 0.2) is 5.82 Å². The first-order valence-corrected chi connectivity index (χ1v) is 11.3. The average Bonchev–Trinajstić information content (AvgIpc) is 2.80. The Labute approximate surface area is 207 Å². The SMILES string of the molecule is CCOC(=O)C1=C(N)N(C)C(N(CC)Cc2ccc(Cl)nc2)=C([N+](=O)[O-])C1c1cccc(Cl)c1. The number of rotatable bonds is 8. The third-order valence-corrected chi connectivity index (χ3v) is 5.92. The van der Waals surface area contributed by atoms with E-state index in [1.165, 1.54) is 4.90 Å². The predicted octanol–water partition coefficient (Wildman–Crippen LogP) is 4.12. The summed E-state index contributed by atoms with van der Waals surface area (Å²) in [6.07, 6.45) is 1.61. The van der Waals surface area contributed by atoms with Gasteiger partial charge in [0, 0.05) is 31.4 Å². The van der Waals surface area contributed by atoms with E-state index in [0.29, 0.717) is 28.8 Å². The minimum absolute atomic E-state index is 0.00807. The van der Waals surface area contributed by atoms with Crippen molar-refractivity contribution in [2.24, 2.45) is 5.73 Å². The van der Waals surface area contributed by atoms with E-state index in [9.17, 15) is 14.9 Å². The lowest BCUT2D eigenvalue weighted by atomic mass is 9.85. The molecule has 0 amide bonds. The van der Waals surface area contributed by atoms with Crippen LogP contribution in [0, 0.1) is 10.1 Å². The Morgan fingerprint density at radius 2 is 2.03 bits per heavy atom. The van der Waals surface area contributed by atoms with Crippen molar-refractivity contribution in [3.05, 3.63) is 96.9 Å². The highest BCUT2D eigenvalue weighted by Gasteiger charge is 2.46. The first kappa shape index (κ1) is 25.3. The second-order valence-electron chi connectivity index (χ2n) is 7.54. The van der Waals surface area contributed by atoms with Gasteiger partial charge in [0.1, 0.15) is 16.9 Å². The number of hydrogen-bond acceptors (Lipinski definition) is 8. The maximum Gasteiger partial charge on any atom is 0.338 e. The van der Waals surface area contributed by atoms with Gasteiger partial charge in [-0.1, -0.05) is 41.4 Å². The van der Waals surface area contributed by atoms with Gasteiger partial charge < -0.3 is 20.3 Å². The zero-order chi connectivity index (χ0) is 25.0. The molecule has 1 unspecified atom stereocenters. The lowest BCUT2D eigenvalue weighted by Gasteiger charge is -2.38. The van der Waals surface area contributed by atoms with Gasteiger partial charge in [-0.3, -0.25) is 10.1 Å². The number of hydrogen-bond donors (Lipinski definition) is 1. The predicted molar refractivity (Wildman–Crippen MR) is 129 cm³/mol. The Balaban J connectivity index is 2.24. The second kappa shape index (κ2) is 10.8. The summed E-state index contributed by atoms with van der Waals surface area (Å²) >= 11 is 12.1. The molecular weight excluding hydrogens is 481 g/mol. The molecule has 0 saturated carbocycles. The molecule has 11 heteroatoms. The quantitative estimate of drug-likeness (QED) is 0.246. The van der Waals surface area contributed by atoms with E-state index in [0.717, 1.165) is 5.56 Å². The summed E-state index contributed by atoms with van der Waals surface area (Å²) in [6.45, 7) is 4.35. The van der Waals surface area contributed by atoms with Crippen molar-refractivity contribution in [3.63, 3.8) is 0 Å². The van der Waals surface area contributed by atoms with Crippen LogP contribution in [0.4, 0.5) is 0 Å². The third kappa shape index (κ3) is 5.10. The van der Waals surface area contributed by atoms with Crippen LogP contribution in [-0.2, 0) is 16.1 Å². The topological polar surface area (TPSA) is 115 Å². The molecule has 1 aromatic heterocycles. The summed E-state index contributed by atoms with van der Waals surface area (Å²) in [6, 6.07) is 10.0. The number of allylic oxidation sites excluding steroid dienone is 1. The molecule has 180 valence electrons. The minimum atomic E-state index is -1.09. The van der Waals surface area contributed by atoms with E-state index < -0.39 is 16.8 Å². The lowest BCUT2D eigenvalue weighted by Crippen LogP contribution is -2.43. The summed E-state index contributed by atoms with van der Waals surface area (Å²) in [5.41, 5.74) is 7.48. The van der Waals surface area contributed by atoms with E-state index in [2.05, 4.69) is 4.98 Å². The molecule has 0 radical (unpaired) electrons. The highest BCUT2D eigenvalue weighted by molar-refractivity contribution is 6.30. The van der Waals surface area contributed by atoms with Crippen molar-refractivity contribution < 1.29 is 14.5 Å². The standard InChI is InChI=1S/C23H25Cl2N5O4/c1-4-29(13-14-9-10-17(25)27-12-14)22-20(30(32)33)18(15-7-6-8-16(24)11-15)19(21(26)28(22)3)23(31)34-5-2/h6-12,18H,4-5,13,26H2,1-3H3. The first-order valence-electron chi connectivity index (χ1n) is 10.6. The summed E-state index contributed by atoms with van der Waals surface area (Å²) in [5.74, 6) is -1.48. The summed E-state index contributed by atoms with van der Waals surface area (Å²) in [5, 5.41) is 13.3. The van der Waals surface area contributed by atoms with Crippen LogP contribution in [0.2, 0.25) is 10.2 Å². The number of benzene rings is 1. The molecule has 1 atom stereocenters. The molecule has 1 aliphatic rings. The highest BCUT2D eigenvalue weighted by Crippen LogP contribution is 2.42. The fraction of sp³-hybridized carbons (Fsp3) is 0.304. The molecule has 0 bridgehead atoms. The molecule has 2 aromatic rings. The van der Waals surface area contributed by atoms with Gasteiger partial charge in [0.05, 0.1) is 17.1 Å². The molecule has 0 fully saturated rings. The van der Waals surface area contributed by atoms with Crippen molar-refractivity contribution in [2.75, 3.05) is 20.2 Å². The van der Waals surface area contributed by atoms with Gasteiger partial charge in [0.2, 0.25) is 0 Å². The number of nitrogens with two attached hydrogens (primary N) is 1. The number of halogens is 2. The Morgan fingerprint density at radius 3 is 2.59 bits per heavy atom. The number of nitro groups is 1. The van der Waals surface area contributed by atoms with Crippen LogP contribution in [0.5, 0.6) is 0 Å². The average molecular weight is 506 g/mol. The van der Waals surface area contributed by atoms with Crippen molar-refractivity contribution >= 4 is 29.2 Å². The number of esters is 1. The minimum Gasteiger partial charge on any atom is -0.463 e. The van der Waals surface area contributed by atoms with Crippen molar-refractivity contribution in [3.8, 4) is 0 Å². The van der Waals surface area contributed by atoms with Crippen LogP contribution in [0.3, 0.4) is 0 Å². The highest BCUT2D eigenvalue weighted by atomic mass is 35.5. The molecule has 1 aromatic carbocycles. The number of carbonyl (C=O) groups is 1. The maximum absolute atomic E-state index is 13.0. The van der Waals surface area contributed by atoms with Gasteiger partial charge >= 0.3 is 5.97 Å². The van der Waals surface area contributed by atoms with Crippen molar-refractivity contribution in [1.29, 1.82) is 0 Å². The fourth-order valence-corrected chi connectivity index (χ4v) is 4.25. The van der Waals surface area contributed by atoms with Crippen molar-refractivity contribution in [2.45, 2.75) is 26.3 Å². The molecule has 0 spiro atoms. The monoisotopic (exact) mass is 505 g/mol. The molecular formula is C23H25Cl2N5O4. The smallest absolute Gasteiger partial charge is 0.338 e. The van der Waals surface area contributed by atoms with E-state index in [1.54, 1.807) is 61.5 Å². The molecule has 3 rings (SSSR count). The van der Waals surface area contributed by atoms with Gasteiger partial charge in [-0.15, -0.1) is 0 Å². The Kier molecular flexibility index (Phi) is 8.01. The molecule has 1 aliphatic heterocycles. The number of carbonyl (C=O) groups excluding carboxylic acids is 1. The third-order valence-electron chi connectivity index (χ3n) is 5.46. The summed E-state index contributed by atoms with van der Waals surface area (Å²) in [4.78, 5) is 32.4. The largest absolute Gasteiger partial charge is 0.463 e. The number of ether oxygens (including phenoxy) is 1. The fourth-order valence-electron chi connectivity index (χ4n) is 3.94. The Morgan fingerprint density at radius 1 is 1.29 bits per heavy atom. The summed E-state index contributed by atoms with van der Waals surface area (Å²) < 4.78 is 5.22. The van der Waals surface area contributed by atoms with Gasteiger partial charge in [-0.05, 0) is 43.2 Å². The molecule has 2 heterocycles. The zero-order valence-electron chi connectivity index (χ0n) is 19.0. The van der Waals surface area contributed by atoms with Crippen molar-refractivity contribution in [1.82, 2.24) is 14.8 Å². The van der Waals surface area contributed by atoms with Gasteiger partial charge in [0.25, 0.3) is 5.70 Å². The first-order chi connectivity index (χ1) is 16.2. The van der Waals surface area contributed by atoms with Crippen LogP contribution in [0.1, 0.15) is 30.9 Å². The van der Waals surface area contributed by atoms with Crippen LogP contribution >= 0.6 is 23.2 Å². The maximum atomic E-state index is 13.0. The van der Waals surface area contributed by atoms with Crippen LogP contribution in [0.15, 0.2) is 65.5 Å². The van der Waals surface area contributed by atoms with Gasteiger partial charge in [-0.2, -0.15) is 0 Å². The molecule has 2 N–H and O–H groups in total. The molecule has 0 aliphatic carbocycles. The van der Waals surface area contributed by atoms with E-state index in [1.807, 2.05) is 6.92 Å². The van der Waals surface area contributed by atoms with Crippen LogP contribution in [0.25, 0.3) is 0 Å². The number of pyridine rings is 1. The zero-order valence-corrected chi connectivity index (χ0v) is 20.5. The Bertz CT molecular complexity index is 1150. The normalized spacial score (nSPS) is 16.0. The van der Waals surface area contributed by atoms with Gasteiger partial charge in [-0.25, -0.2) is 9.78 Å². The lowest BCUT2D eigenvalue weighted by molar-refractivity contribution is -0.433. The van der Waals surface area contributed by atoms with E-state index in [-0.39, 0.29) is 29.5 Å². The number of nitrogens with zero attached hydrogens (tertiary/aromatic N) is 4. The molecule has 34 heavy (non-hydrogen) atoms. The second-order valence-corrected chi connectivity index (χ2v) is 8.36. The van der Waals surface area contributed by atoms with E-state index in [4.69, 9.17) is 33.7 Å². The van der Waals surface area contributed by atoms with Crippen LogP contribution in [-0.4, -0.2) is 45.9 Å². The molecule has 9 nitrogen and oxygen atoms in total.